The second kappa shape index (κ2) is 7.11. The van der Waals surface area contributed by atoms with E-state index in [0.29, 0.717) is 32.2 Å². The smallest absolute Gasteiger partial charge is 0.317 e. The number of ether oxygens (including phenoxy) is 1. The highest BCUT2D eigenvalue weighted by Gasteiger charge is 2.22. The number of hydrogen-bond acceptors (Lipinski definition) is 3. The molecule has 0 unspecified atom stereocenters. The molecule has 0 radical (unpaired) electrons. The molecule has 0 bridgehead atoms. The van der Waals surface area contributed by atoms with E-state index in [9.17, 15) is 4.79 Å². The predicted octanol–water partition coefficient (Wildman–Crippen LogP) is 0.523. The van der Waals surface area contributed by atoms with Crippen molar-refractivity contribution in [2.45, 2.75) is 31.7 Å². The van der Waals surface area contributed by atoms with Crippen LogP contribution in [0.15, 0.2) is 0 Å². The lowest BCUT2D eigenvalue weighted by atomic mass is 9.93. The molecule has 6 heteroatoms. The van der Waals surface area contributed by atoms with Crippen molar-refractivity contribution >= 4 is 11.9 Å². The second-order valence-corrected chi connectivity index (χ2v) is 4.33. The Bertz CT molecular complexity index is 266. The van der Waals surface area contributed by atoms with Gasteiger partial charge < -0.3 is 20.7 Å². The summed E-state index contributed by atoms with van der Waals surface area (Å²) in [6.45, 7) is 1.50. The summed E-state index contributed by atoms with van der Waals surface area (Å²) in [6.07, 6.45) is 3.73. The zero-order valence-corrected chi connectivity index (χ0v) is 10.4. The molecule has 1 saturated carbocycles. The van der Waals surface area contributed by atoms with E-state index in [1.165, 1.54) is 6.42 Å². The summed E-state index contributed by atoms with van der Waals surface area (Å²) >= 11 is 0. The molecule has 1 aliphatic carbocycles. The first kappa shape index (κ1) is 13.8. The number of urea groups is 1. The number of nitrogens with two attached hydrogens (primary N) is 1. The Balaban J connectivity index is 2.35. The number of hydrogen-bond donors (Lipinski definition) is 3. The van der Waals surface area contributed by atoms with E-state index in [0.717, 1.165) is 12.8 Å². The van der Waals surface area contributed by atoms with E-state index in [1.54, 1.807) is 12.0 Å². The Labute approximate surface area is 102 Å². The topological polar surface area (TPSA) is 91.4 Å². The SMILES string of the molecule is COCCN(CCC(=N)N)C(=O)NC1CCC1. The van der Waals surface area contributed by atoms with Gasteiger partial charge in [0.05, 0.1) is 12.4 Å². The number of methoxy groups -OCH3 is 1. The number of carbonyl (C=O) groups excluding carboxylic acids is 1. The number of nitrogens with one attached hydrogen (secondary N) is 2. The first-order valence-electron chi connectivity index (χ1n) is 6.00. The average Bonchev–Trinajstić information content (AvgIpc) is 2.23. The van der Waals surface area contributed by atoms with Gasteiger partial charge in [-0.25, -0.2) is 4.79 Å². The van der Waals surface area contributed by atoms with E-state index >= 15 is 0 Å². The van der Waals surface area contributed by atoms with Gasteiger partial charge in [-0.05, 0) is 19.3 Å². The van der Waals surface area contributed by atoms with Crippen LogP contribution in [0.5, 0.6) is 0 Å². The van der Waals surface area contributed by atoms with Gasteiger partial charge in [0.1, 0.15) is 0 Å². The number of rotatable bonds is 7. The van der Waals surface area contributed by atoms with E-state index in [4.69, 9.17) is 15.9 Å². The molecule has 6 nitrogen and oxygen atoms in total. The highest BCUT2D eigenvalue weighted by atomic mass is 16.5. The molecule has 0 saturated heterocycles. The molecule has 2 amide bonds. The van der Waals surface area contributed by atoms with E-state index in [1.807, 2.05) is 0 Å². The van der Waals surface area contributed by atoms with Crippen molar-refractivity contribution in [1.82, 2.24) is 10.2 Å². The fourth-order valence-corrected chi connectivity index (χ4v) is 1.59. The summed E-state index contributed by atoms with van der Waals surface area (Å²) in [7, 11) is 1.60. The van der Waals surface area contributed by atoms with Gasteiger partial charge in [0.25, 0.3) is 0 Å². The lowest BCUT2D eigenvalue weighted by Crippen LogP contribution is -2.48. The van der Waals surface area contributed by atoms with Gasteiger partial charge in [0, 0.05) is 32.7 Å². The maximum absolute atomic E-state index is 11.9. The highest BCUT2D eigenvalue weighted by molar-refractivity contribution is 5.79. The van der Waals surface area contributed by atoms with Gasteiger partial charge in [0.15, 0.2) is 0 Å². The molecule has 1 fully saturated rings. The summed E-state index contributed by atoms with van der Waals surface area (Å²) in [4.78, 5) is 13.6. The summed E-state index contributed by atoms with van der Waals surface area (Å²) < 4.78 is 4.97. The third-order valence-electron chi connectivity index (χ3n) is 2.94. The lowest BCUT2D eigenvalue weighted by molar-refractivity contribution is 0.146. The summed E-state index contributed by atoms with van der Waals surface area (Å²) in [5.74, 6) is 0.101. The molecule has 0 atom stereocenters. The van der Waals surface area contributed by atoms with E-state index in [2.05, 4.69) is 5.32 Å². The normalized spacial score (nSPS) is 15.1. The van der Waals surface area contributed by atoms with Gasteiger partial charge in [-0.2, -0.15) is 0 Å². The van der Waals surface area contributed by atoms with Crippen molar-refractivity contribution in [3.05, 3.63) is 0 Å². The van der Waals surface area contributed by atoms with Crippen molar-refractivity contribution < 1.29 is 9.53 Å². The van der Waals surface area contributed by atoms with Crippen molar-refractivity contribution in [3.63, 3.8) is 0 Å². The number of amidine groups is 1. The molecule has 4 N–H and O–H groups in total. The van der Waals surface area contributed by atoms with Crippen LogP contribution in [-0.4, -0.2) is 49.6 Å². The average molecular weight is 242 g/mol. The molecule has 98 valence electrons. The molecule has 1 rings (SSSR count). The van der Waals surface area contributed by atoms with Gasteiger partial charge >= 0.3 is 6.03 Å². The fraction of sp³-hybridized carbons (Fsp3) is 0.818. The molecule has 0 aromatic heterocycles. The Morgan fingerprint density at radius 1 is 1.53 bits per heavy atom. The molecule has 17 heavy (non-hydrogen) atoms. The van der Waals surface area contributed by atoms with E-state index in [-0.39, 0.29) is 11.9 Å². The first-order chi connectivity index (χ1) is 8.13. The predicted molar refractivity (Wildman–Crippen MR) is 66.2 cm³/mol. The number of amides is 2. The van der Waals surface area contributed by atoms with Crippen LogP contribution < -0.4 is 11.1 Å². The maximum Gasteiger partial charge on any atom is 0.317 e. The van der Waals surface area contributed by atoms with Crippen LogP contribution in [0.1, 0.15) is 25.7 Å². The minimum atomic E-state index is -0.0759. The Hall–Kier alpha value is -1.30. The summed E-state index contributed by atoms with van der Waals surface area (Å²) in [5, 5.41) is 10.2. The Morgan fingerprint density at radius 2 is 2.24 bits per heavy atom. The number of nitrogens with zero attached hydrogens (tertiary/aromatic N) is 1. The third-order valence-corrected chi connectivity index (χ3v) is 2.94. The monoisotopic (exact) mass is 242 g/mol. The Kier molecular flexibility index (Phi) is 5.76. The maximum atomic E-state index is 11.9. The quantitative estimate of drug-likeness (QED) is 0.449. The minimum absolute atomic E-state index is 0.0759. The van der Waals surface area contributed by atoms with Gasteiger partial charge in [-0.1, -0.05) is 0 Å². The van der Waals surface area contributed by atoms with Crippen LogP contribution in [0.4, 0.5) is 4.79 Å². The summed E-state index contributed by atoms with van der Waals surface area (Å²) in [5.41, 5.74) is 5.30. The third kappa shape index (κ3) is 5.04. The molecule has 0 aromatic rings. The van der Waals surface area contributed by atoms with Crippen LogP contribution >= 0.6 is 0 Å². The largest absolute Gasteiger partial charge is 0.388 e. The fourth-order valence-electron chi connectivity index (χ4n) is 1.59. The van der Waals surface area contributed by atoms with Crippen molar-refractivity contribution in [1.29, 1.82) is 5.41 Å². The Morgan fingerprint density at radius 3 is 2.71 bits per heavy atom. The lowest BCUT2D eigenvalue weighted by Gasteiger charge is -2.30. The van der Waals surface area contributed by atoms with Crippen LogP contribution in [0.3, 0.4) is 0 Å². The van der Waals surface area contributed by atoms with Crippen LogP contribution in [0.2, 0.25) is 0 Å². The second-order valence-electron chi connectivity index (χ2n) is 4.33. The molecule has 0 heterocycles. The van der Waals surface area contributed by atoms with Gasteiger partial charge in [0.2, 0.25) is 0 Å². The molecule has 0 spiro atoms. The molecule has 1 aliphatic rings. The minimum Gasteiger partial charge on any atom is -0.388 e. The van der Waals surface area contributed by atoms with Crippen LogP contribution in [0.25, 0.3) is 0 Å². The molecule has 0 aromatic carbocycles. The van der Waals surface area contributed by atoms with Crippen LogP contribution in [0, 0.1) is 5.41 Å². The van der Waals surface area contributed by atoms with E-state index < -0.39 is 0 Å². The van der Waals surface area contributed by atoms with Gasteiger partial charge in [-0.3, -0.25) is 5.41 Å². The standard InChI is InChI=1S/C11H22N4O2/c1-17-8-7-15(6-5-10(12)13)11(16)14-9-3-2-4-9/h9H,2-8H2,1H3,(H3,12,13)(H,14,16). The summed E-state index contributed by atoms with van der Waals surface area (Å²) in [6, 6.07) is 0.248. The van der Waals surface area contributed by atoms with Crippen molar-refractivity contribution in [3.8, 4) is 0 Å². The zero-order valence-electron chi connectivity index (χ0n) is 10.4. The van der Waals surface area contributed by atoms with Crippen molar-refractivity contribution in [2.75, 3.05) is 26.8 Å². The first-order valence-corrected chi connectivity index (χ1v) is 6.00. The highest BCUT2D eigenvalue weighted by Crippen LogP contribution is 2.18. The molecule has 0 aliphatic heterocycles. The van der Waals surface area contributed by atoms with Crippen molar-refractivity contribution in [2.24, 2.45) is 5.73 Å². The molecular formula is C11H22N4O2. The number of carbonyl (C=O) groups is 1. The molecular weight excluding hydrogens is 220 g/mol. The van der Waals surface area contributed by atoms with Crippen LogP contribution in [-0.2, 0) is 4.74 Å². The van der Waals surface area contributed by atoms with Gasteiger partial charge in [-0.15, -0.1) is 0 Å². The zero-order chi connectivity index (χ0) is 12.7.